The molecule has 4 fully saturated rings. The van der Waals surface area contributed by atoms with E-state index in [9.17, 15) is 14.7 Å². The van der Waals surface area contributed by atoms with Gasteiger partial charge in [0.2, 0.25) is 0 Å². The van der Waals surface area contributed by atoms with Crippen LogP contribution >= 0.6 is 0 Å². The smallest absolute Gasteiger partial charge is 0.309 e. The predicted molar refractivity (Wildman–Crippen MR) is 142 cm³/mol. The fraction of sp³-hybridized carbons (Fsp3) is 0.875. The average Bonchev–Trinajstić information content (AvgIpc) is 2.77. The Morgan fingerprint density at radius 1 is 0.889 bits per heavy atom. The second-order valence-electron chi connectivity index (χ2n) is 15.5. The van der Waals surface area contributed by atoms with E-state index in [-0.39, 0.29) is 39.1 Å². The first-order chi connectivity index (χ1) is 16.5. The third-order valence-electron chi connectivity index (χ3n) is 13.6. The Hall–Kier alpha value is -1.32. The number of fused-ring (bicyclic) bond motifs is 7. The molecule has 202 valence electrons. The molecule has 0 heterocycles. The highest BCUT2D eigenvalue weighted by atomic mass is 16.5. The van der Waals surface area contributed by atoms with Crippen LogP contribution in [0.25, 0.3) is 0 Å². The lowest BCUT2D eigenvalue weighted by Crippen LogP contribution is -2.64. The first kappa shape index (κ1) is 26.3. The molecule has 5 aliphatic carbocycles. The maximum atomic E-state index is 12.3. The maximum absolute atomic E-state index is 12.3. The van der Waals surface area contributed by atoms with E-state index in [1.165, 1.54) is 25.7 Å². The number of carboxylic acids is 1. The van der Waals surface area contributed by atoms with Gasteiger partial charge in [0.15, 0.2) is 0 Å². The van der Waals surface area contributed by atoms with Gasteiger partial charge in [0, 0.05) is 12.3 Å². The molecule has 0 unspecified atom stereocenters. The van der Waals surface area contributed by atoms with E-state index in [2.05, 4.69) is 47.6 Å². The minimum atomic E-state index is -0.614. The van der Waals surface area contributed by atoms with Gasteiger partial charge < -0.3 is 9.84 Å². The largest absolute Gasteiger partial charge is 0.481 e. The van der Waals surface area contributed by atoms with E-state index in [1.54, 1.807) is 12.5 Å². The summed E-state index contributed by atoms with van der Waals surface area (Å²) < 4.78 is 5.88. The van der Waals surface area contributed by atoms with E-state index >= 15 is 0 Å². The highest BCUT2D eigenvalue weighted by Gasteiger charge is 2.68. The van der Waals surface area contributed by atoms with Gasteiger partial charge in [-0.3, -0.25) is 9.59 Å². The van der Waals surface area contributed by atoms with Crippen LogP contribution in [-0.4, -0.2) is 23.1 Å². The Bertz CT molecular complexity index is 996. The highest BCUT2D eigenvalue weighted by molar-refractivity contribution is 5.74. The molecule has 4 saturated carbocycles. The second kappa shape index (κ2) is 7.85. The number of hydrogen-bond donors (Lipinski definition) is 1. The van der Waals surface area contributed by atoms with Gasteiger partial charge in [0.1, 0.15) is 6.10 Å². The number of carboxylic acid groups (broad SMARTS) is 1. The summed E-state index contributed by atoms with van der Waals surface area (Å²) in [5.74, 6) is 0.760. The van der Waals surface area contributed by atoms with Crippen LogP contribution in [-0.2, 0) is 14.3 Å². The highest BCUT2D eigenvalue weighted by Crippen LogP contribution is 2.75. The average molecular weight is 499 g/mol. The molecule has 0 amide bonds. The number of allylic oxidation sites excluding steroid dienone is 2. The molecule has 0 aromatic rings. The molecule has 0 aromatic heterocycles. The molecule has 9 atom stereocenters. The van der Waals surface area contributed by atoms with Crippen LogP contribution in [0.15, 0.2) is 11.6 Å². The quantitative estimate of drug-likeness (QED) is 0.311. The van der Waals surface area contributed by atoms with Crippen LogP contribution < -0.4 is 0 Å². The van der Waals surface area contributed by atoms with Gasteiger partial charge in [0.25, 0.3) is 0 Å². The summed E-state index contributed by atoms with van der Waals surface area (Å²) in [5, 5.41) is 10.1. The van der Waals surface area contributed by atoms with Crippen LogP contribution in [0.3, 0.4) is 0 Å². The van der Waals surface area contributed by atoms with E-state index in [0.29, 0.717) is 17.8 Å². The Morgan fingerprint density at radius 3 is 2.19 bits per heavy atom. The van der Waals surface area contributed by atoms with Crippen molar-refractivity contribution in [2.75, 3.05) is 0 Å². The standard InChI is InChI=1S/C32H50O4/c1-20(33)36-25-12-13-30(6)23(27(25,2)3)11-14-32(8)24(30)10-9-21-22-19-29(5,26(34)35)16-15-28(22,4)17-18-31(21,32)7/h9,22-25H,10-19H2,1-8H3,(H,34,35)/t22-,23+,24-,25+,28+,29+,30+,31+,32+/m0/s1. The van der Waals surface area contributed by atoms with Crippen molar-refractivity contribution in [3.63, 3.8) is 0 Å². The third-order valence-corrected chi connectivity index (χ3v) is 13.6. The zero-order valence-electron chi connectivity index (χ0n) is 24.1. The summed E-state index contributed by atoms with van der Waals surface area (Å²) in [7, 11) is 0. The molecule has 0 spiro atoms. The molecule has 4 heteroatoms. The molecule has 1 N–H and O–H groups in total. The number of rotatable bonds is 2. The third kappa shape index (κ3) is 3.30. The molecule has 4 nitrogen and oxygen atoms in total. The van der Waals surface area contributed by atoms with E-state index in [4.69, 9.17) is 4.74 Å². The van der Waals surface area contributed by atoms with Crippen molar-refractivity contribution in [2.24, 2.45) is 50.2 Å². The van der Waals surface area contributed by atoms with Gasteiger partial charge in [-0.15, -0.1) is 0 Å². The predicted octanol–water partition coefficient (Wildman–Crippen LogP) is 7.80. The Labute approximate surface area is 219 Å². The Morgan fingerprint density at radius 2 is 1.56 bits per heavy atom. The first-order valence-corrected chi connectivity index (χ1v) is 14.6. The van der Waals surface area contributed by atoms with Crippen molar-refractivity contribution in [1.82, 2.24) is 0 Å². The molecule has 0 radical (unpaired) electrons. The molecule has 0 bridgehead atoms. The van der Waals surface area contributed by atoms with E-state index < -0.39 is 11.4 Å². The van der Waals surface area contributed by atoms with Gasteiger partial charge >= 0.3 is 11.9 Å². The van der Waals surface area contributed by atoms with E-state index in [1.807, 2.05) is 6.92 Å². The number of carbonyl (C=O) groups excluding carboxylic acids is 1. The molecule has 0 aromatic carbocycles. The number of esters is 1. The number of ether oxygens (including phenoxy) is 1. The zero-order chi connectivity index (χ0) is 26.5. The fourth-order valence-electron chi connectivity index (χ4n) is 10.9. The van der Waals surface area contributed by atoms with Gasteiger partial charge in [0.05, 0.1) is 5.41 Å². The maximum Gasteiger partial charge on any atom is 0.309 e. The minimum absolute atomic E-state index is 0.00837. The molecular weight excluding hydrogens is 448 g/mol. The molecule has 0 aliphatic heterocycles. The number of aliphatic carboxylic acids is 1. The lowest BCUT2D eigenvalue weighted by atomic mass is 9.33. The normalized spacial score (nSPS) is 51.5. The van der Waals surface area contributed by atoms with Crippen LogP contribution in [0.4, 0.5) is 0 Å². The van der Waals surface area contributed by atoms with E-state index in [0.717, 1.165) is 38.5 Å². The van der Waals surface area contributed by atoms with Gasteiger partial charge in [-0.25, -0.2) is 0 Å². The van der Waals surface area contributed by atoms with Crippen molar-refractivity contribution < 1.29 is 19.4 Å². The summed E-state index contributed by atoms with van der Waals surface area (Å²) in [5.41, 5.74) is 1.77. The molecule has 5 rings (SSSR count). The molecular formula is C32H50O4. The van der Waals surface area contributed by atoms with Crippen LogP contribution in [0, 0.1) is 50.2 Å². The van der Waals surface area contributed by atoms with Gasteiger partial charge in [-0.2, -0.15) is 0 Å². The zero-order valence-corrected chi connectivity index (χ0v) is 24.1. The summed E-state index contributed by atoms with van der Waals surface area (Å²) in [6.45, 7) is 18.4. The van der Waals surface area contributed by atoms with Crippen molar-refractivity contribution in [3.05, 3.63) is 11.6 Å². The van der Waals surface area contributed by atoms with Crippen LogP contribution in [0.5, 0.6) is 0 Å². The van der Waals surface area contributed by atoms with Crippen LogP contribution in [0.2, 0.25) is 0 Å². The minimum Gasteiger partial charge on any atom is -0.481 e. The Balaban J connectivity index is 1.53. The Kier molecular flexibility index (Phi) is 5.74. The van der Waals surface area contributed by atoms with Crippen LogP contribution in [0.1, 0.15) is 120 Å². The fourth-order valence-corrected chi connectivity index (χ4v) is 10.9. The second-order valence-corrected chi connectivity index (χ2v) is 15.5. The van der Waals surface area contributed by atoms with Crippen molar-refractivity contribution in [1.29, 1.82) is 0 Å². The van der Waals surface area contributed by atoms with Crippen molar-refractivity contribution >= 4 is 11.9 Å². The van der Waals surface area contributed by atoms with Gasteiger partial charge in [-0.05, 0) is 111 Å². The summed E-state index contributed by atoms with van der Waals surface area (Å²) in [6.07, 6.45) is 13.3. The molecule has 0 saturated heterocycles. The molecule has 5 aliphatic rings. The lowest BCUT2D eigenvalue weighted by molar-refractivity contribution is -0.212. The van der Waals surface area contributed by atoms with Gasteiger partial charge in [-0.1, -0.05) is 53.2 Å². The van der Waals surface area contributed by atoms with Crippen molar-refractivity contribution in [2.45, 2.75) is 126 Å². The number of hydrogen-bond acceptors (Lipinski definition) is 3. The topological polar surface area (TPSA) is 63.6 Å². The summed E-state index contributed by atoms with van der Waals surface area (Å²) in [4.78, 5) is 24.2. The van der Waals surface area contributed by atoms with Crippen molar-refractivity contribution in [3.8, 4) is 0 Å². The monoisotopic (exact) mass is 498 g/mol. The molecule has 36 heavy (non-hydrogen) atoms. The summed E-state index contributed by atoms with van der Waals surface area (Å²) in [6, 6.07) is 0. The SMILES string of the molecule is CC(=O)O[C@@H]1CC[C@]2(C)[C@H](CC[C@]3(C)[C@H]2CC=C2[C@@H]4C[C@](C)(C(=O)O)CC[C@]4(C)CC[C@]23C)C1(C)C. The first-order valence-electron chi connectivity index (χ1n) is 14.6. The number of carbonyl (C=O) groups is 2. The summed E-state index contributed by atoms with van der Waals surface area (Å²) >= 11 is 0. The lowest BCUT2D eigenvalue weighted by Gasteiger charge is -2.71.